The molecule has 24 heavy (non-hydrogen) atoms. The summed E-state index contributed by atoms with van der Waals surface area (Å²) < 4.78 is 39.4. The molecule has 1 saturated heterocycles. The molecule has 1 aromatic rings. The minimum atomic E-state index is -4.43. The van der Waals surface area contributed by atoms with Gasteiger partial charge in [0.25, 0.3) is 0 Å². The summed E-state index contributed by atoms with van der Waals surface area (Å²) in [5, 5.41) is 2.72. The van der Waals surface area contributed by atoms with Crippen LogP contribution >= 0.6 is 0 Å². The van der Waals surface area contributed by atoms with Crippen molar-refractivity contribution in [2.24, 2.45) is 5.92 Å². The first kappa shape index (κ1) is 16.8. The van der Waals surface area contributed by atoms with Gasteiger partial charge in [-0.05, 0) is 30.4 Å². The number of alkyl halides is 3. The third kappa shape index (κ3) is 2.99. The molecule has 1 N–H and O–H groups in total. The van der Waals surface area contributed by atoms with Crippen LogP contribution in [0.3, 0.4) is 0 Å². The van der Waals surface area contributed by atoms with E-state index in [1.54, 1.807) is 6.07 Å². The van der Waals surface area contributed by atoms with Crippen LogP contribution in [0, 0.1) is 5.92 Å². The fraction of sp³-hybridized carbons (Fsp3) is 0.529. The number of halogens is 3. The molecule has 1 aliphatic carbocycles. The molecule has 1 saturated carbocycles. The third-order valence-electron chi connectivity index (χ3n) is 4.77. The van der Waals surface area contributed by atoms with Crippen molar-refractivity contribution in [3.05, 3.63) is 35.4 Å². The molecule has 2 amide bonds. The highest BCUT2D eigenvalue weighted by Crippen LogP contribution is 2.52. The Morgan fingerprint density at radius 2 is 2.04 bits per heavy atom. The molecule has 0 spiro atoms. The van der Waals surface area contributed by atoms with Gasteiger partial charge in [0.1, 0.15) is 6.04 Å². The highest BCUT2D eigenvalue weighted by atomic mass is 19.4. The van der Waals surface area contributed by atoms with Gasteiger partial charge in [-0.3, -0.25) is 9.59 Å². The molecule has 1 aromatic carbocycles. The average Bonchev–Trinajstić information content (AvgIpc) is 3.33. The Bertz CT molecular complexity index is 659. The topological polar surface area (TPSA) is 49.4 Å². The lowest BCUT2D eigenvalue weighted by Gasteiger charge is -2.34. The van der Waals surface area contributed by atoms with Crippen LogP contribution in [0.15, 0.2) is 24.3 Å². The Labute approximate surface area is 138 Å². The number of hydrogen-bond donors (Lipinski definition) is 1. The van der Waals surface area contributed by atoms with E-state index in [4.69, 9.17) is 0 Å². The van der Waals surface area contributed by atoms with Crippen LogP contribution in [-0.2, 0) is 15.8 Å². The van der Waals surface area contributed by atoms with E-state index in [9.17, 15) is 22.8 Å². The molecular formula is C17H19F3N2O2. The maximum atomic E-state index is 13.1. The zero-order valence-corrected chi connectivity index (χ0v) is 13.3. The lowest BCUT2D eigenvalue weighted by molar-refractivity contribution is -0.144. The molecule has 3 rings (SSSR count). The minimum absolute atomic E-state index is 0.179. The van der Waals surface area contributed by atoms with E-state index in [0.717, 1.165) is 6.07 Å². The Morgan fingerprint density at radius 1 is 1.33 bits per heavy atom. The quantitative estimate of drug-likeness (QED) is 0.919. The van der Waals surface area contributed by atoms with Crippen LogP contribution in [0.4, 0.5) is 13.2 Å². The Balaban J connectivity index is 1.78. The summed E-state index contributed by atoms with van der Waals surface area (Å²) in [6.07, 6.45) is -3.53. The zero-order chi connectivity index (χ0) is 17.5. The Kier molecular flexibility index (Phi) is 4.27. The van der Waals surface area contributed by atoms with Crippen LogP contribution in [0.25, 0.3) is 0 Å². The van der Waals surface area contributed by atoms with Crippen molar-refractivity contribution in [3.8, 4) is 0 Å². The van der Waals surface area contributed by atoms with Crippen LogP contribution in [0.2, 0.25) is 0 Å². The molecule has 1 aliphatic heterocycles. The van der Waals surface area contributed by atoms with Crippen LogP contribution < -0.4 is 5.32 Å². The van der Waals surface area contributed by atoms with Crippen molar-refractivity contribution >= 4 is 11.8 Å². The minimum Gasteiger partial charge on any atom is -0.353 e. The third-order valence-corrected chi connectivity index (χ3v) is 4.77. The number of carbonyl (C=O) groups is 2. The number of amides is 2. The van der Waals surface area contributed by atoms with E-state index in [1.807, 2.05) is 6.92 Å². The molecule has 130 valence electrons. The van der Waals surface area contributed by atoms with Crippen LogP contribution in [0.5, 0.6) is 0 Å². The summed E-state index contributed by atoms with van der Waals surface area (Å²) in [4.78, 5) is 26.1. The second-order valence-electron chi connectivity index (χ2n) is 6.28. The van der Waals surface area contributed by atoms with E-state index in [2.05, 4.69) is 5.32 Å². The lowest BCUT2D eigenvalue weighted by Crippen LogP contribution is -2.57. The van der Waals surface area contributed by atoms with Crippen molar-refractivity contribution in [2.45, 2.75) is 37.9 Å². The van der Waals surface area contributed by atoms with E-state index in [-0.39, 0.29) is 17.4 Å². The molecule has 3 atom stereocenters. The number of hydrogen-bond acceptors (Lipinski definition) is 2. The Hall–Kier alpha value is -2.05. The maximum Gasteiger partial charge on any atom is 0.416 e. The number of rotatable bonds is 3. The highest BCUT2D eigenvalue weighted by Gasteiger charge is 2.50. The largest absolute Gasteiger partial charge is 0.416 e. The highest BCUT2D eigenvalue weighted by molar-refractivity contribution is 5.91. The van der Waals surface area contributed by atoms with E-state index in [0.29, 0.717) is 25.9 Å². The van der Waals surface area contributed by atoms with Gasteiger partial charge >= 0.3 is 6.18 Å². The number of benzene rings is 1. The van der Waals surface area contributed by atoms with Crippen LogP contribution in [-0.4, -0.2) is 35.8 Å². The van der Waals surface area contributed by atoms with E-state index < -0.39 is 29.6 Å². The molecule has 1 heterocycles. The second kappa shape index (κ2) is 6.11. The Morgan fingerprint density at radius 3 is 2.71 bits per heavy atom. The standard InChI is InChI=1S/C17H19F3N2O2/c1-2-14-15(23)21-7-8-22(14)16(24)12-9-11(12)10-5-3-4-6-13(10)17(18,19)20/h3-6,11-12,14H,2,7-9H2,1H3,(H,21,23)/t11-,12-,14-/m1/s1. The summed E-state index contributed by atoms with van der Waals surface area (Å²) in [5.74, 6) is -1.28. The number of nitrogens with zero attached hydrogens (tertiary/aromatic N) is 1. The van der Waals surface area contributed by atoms with Crippen molar-refractivity contribution in [1.82, 2.24) is 10.2 Å². The summed E-state index contributed by atoms with van der Waals surface area (Å²) >= 11 is 0. The molecule has 7 heteroatoms. The summed E-state index contributed by atoms with van der Waals surface area (Å²) in [6, 6.07) is 4.89. The number of nitrogens with one attached hydrogen (secondary N) is 1. The molecular weight excluding hydrogens is 321 g/mol. The average molecular weight is 340 g/mol. The summed E-state index contributed by atoms with van der Waals surface area (Å²) in [5.41, 5.74) is -0.494. The van der Waals surface area contributed by atoms with Crippen molar-refractivity contribution in [1.29, 1.82) is 0 Å². The fourth-order valence-corrected chi connectivity index (χ4v) is 3.49. The predicted octanol–water partition coefficient (Wildman–Crippen LogP) is 2.55. The number of piperazine rings is 1. The van der Waals surface area contributed by atoms with Crippen molar-refractivity contribution < 1.29 is 22.8 Å². The van der Waals surface area contributed by atoms with Gasteiger partial charge < -0.3 is 10.2 Å². The molecule has 0 aromatic heterocycles. The van der Waals surface area contributed by atoms with Crippen LogP contribution in [0.1, 0.15) is 36.8 Å². The molecule has 0 bridgehead atoms. The van der Waals surface area contributed by atoms with E-state index >= 15 is 0 Å². The monoisotopic (exact) mass is 340 g/mol. The molecule has 0 unspecified atom stereocenters. The zero-order valence-electron chi connectivity index (χ0n) is 13.3. The van der Waals surface area contributed by atoms with Gasteiger partial charge in [-0.1, -0.05) is 25.1 Å². The van der Waals surface area contributed by atoms with Crippen molar-refractivity contribution in [3.63, 3.8) is 0 Å². The lowest BCUT2D eigenvalue weighted by atomic mass is 10.0. The molecule has 4 nitrogen and oxygen atoms in total. The first-order valence-corrected chi connectivity index (χ1v) is 8.09. The predicted molar refractivity (Wildman–Crippen MR) is 81.1 cm³/mol. The molecule has 2 aliphatic rings. The van der Waals surface area contributed by atoms with E-state index in [1.165, 1.54) is 17.0 Å². The first-order valence-electron chi connectivity index (χ1n) is 8.09. The van der Waals surface area contributed by atoms with Gasteiger partial charge in [-0.25, -0.2) is 0 Å². The van der Waals surface area contributed by atoms with Gasteiger partial charge in [0.05, 0.1) is 5.56 Å². The van der Waals surface area contributed by atoms with Gasteiger partial charge in [0.2, 0.25) is 11.8 Å². The second-order valence-corrected chi connectivity index (χ2v) is 6.28. The fourth-order valence-electron chi connectivity index (χ4n) is 3.49. The summed E-state index contributed by atoms with van der Waals surface area (Å²) in [7, 11) is 0. The van der Waals surface area contributed by atoms with Gasteiger partial charge in [0.15, 0.2) is 0 Å². The van der Waals surface area contributed by atoms with Crippen molar-refractivity contribution in [2.75, 3.05) is 13.1 Å². The molecule has 2 fully saturated rings. The normalized spacial score (nSPS) is 26.9. The van der Waals surface area contributed by atoms with Gasteiger partial charge in [-0.2, -0.15) is 13.2 Å². The van der Waals surface area contributed by atoms with Gasteiger partial charge in [0, 0.05) is 19.0 Å². The first-order chi connectivity index (χ1) is 11.3. The summed E-state index contributed by atoms with van der Waals surface area (Å²) in [6.45, 7) is 2.62. The molecule has 0 radical (unpaired) electrons. The maximum absolute atomic E-state index is 13.1. The SMILES string of the molecule is CC[C@@H]1C(=O)NCCN1C(=O)[C@@H]1C[C@@H]1c1ccccc1C(F)(F)F. The number of carbonyl (C=O) groups excluding carboxylic acids is 2. The smallest absolute Gasteiger partial charge is 0.353 e. The van der Waals surface area contributed by atoms with Gasteiger partial charge in [-0.15, -0.1) is 0 Å².